The van der Waals surface area contributed by atoms with Gasteiger partial charge in [-0.2, -0.15) is 0 Å². The van der Waals surface area contributed by atoms with Gasteiger partial charge in [0.25, 0.3) is 0 Å². The third kappa shape index (κ3) is 4.05. The highest BCUT2D eigenvalue weighted by atomic mass is 16.5. The molecule has 2 aromatic carbocycles. The van der Waals surface area contributed by atoms with Crippen LogP contribution in [0.5, 0.6) is 0 Å². The summed E-state index contributed by atoms with van der Waals surface area (Å²) in [7, 11) is 0. The zero-order valence-electron chi connectivity index (χ0n) is 12.0. The van der Waals surface area contributed by atoms with E-state index in [0.29, 0.717) is 12.1 Å². The molecule has 0 bridgehead atoms. The molecular weight excluding hydrogens is 234 g/mol. The largest absolute Gasteiger partial charge is 0.377 e. The molecule has 0 amide bonds. The van der Waals surface area contributed by atoms with E-state index in [1.54, 1.807) is 0 Å². The zero-order valence-corrected chi connectivity index (χ0v) is 12.0. The average molecular weight is 257 g/mol. The standard InChI is InChI=1S/C17H23NO/c1-13(2)19-11-10-18-14(3)16-9-8-15-6-4-5-7-17(15)12-16/h4-9,12-14,18H,10-11H2,1-3H3. The van der Waals surface area contributed by atoms with Gasteiger partial charge >= 0.3 is 0 Å². The van der Waals surface area contributed by atoms with Crippen molar-refractivity contribution in [1.29, 1.82) is 0 Å². The summed E-state index contributed by atoms with van der Waals surface area (Å²) in [6, 6.07) is 15.5. The second-order valence-corrected chi connectivity index (χ2v) is 5.20. The van der Waals surface area contributed by atoms with Gasteiger partial charge in [0.1, 0.15) is 0 Å². The van der Waals surface area contributed by atoms with Crippen LogP contribution in [0, 0.1) is 0 Å². The van der Waals surface area contributed by atoms with Crippen molar-refractivity contribution in [2.45, 2.75) is 32.9 Å². The Kier molecular flexibility index (Phi) is 4.94. The first-order valence-electron chi connectivity index (χ1n) is 7.00. The molecule has 0 aliphatic carbocycles. The van der Waals surface area contributed by atoms with E-state index in [9.17, 15) is 0 Å². The van der Waals surface area contributed by atoms with Crippen LogP contribution in [0.25, 0.3) is 10.8 Å². The minimum absolute atomic E-state index is 0.303. The lowest BCUT2D eigenvalue weighted by molar-refractivity contribution is 0.0796. The number of fused-ring (bicyclic) bond motifs is 1. The predicted octanol–water partition coefficient (Wildman–Crippen LogP) is 3.92. The van der Waals surface area contributed by atoms with E-state index in [0.717, 1.165) is 13.2 Å². The quantitative estimate of drug-likeness (QED) is 0.792. The van der Waals surface area contributed by atoms with E-state index in [1.165, 1.54) is 16.3 Å². The molecule has 2 heteroatoms. The van der Waals surface area contributed by atoms with Crippen LogP contribution in [0.15, 0.2) is 42.5 Å². The molecule has 0 saturated carbocycles. The Morgan fingerprint density at radius 2 is 1.74 bits per heavy atom. The summed E-state index contributed by atoms with van der Waals surface area (Å²) >= 11 is 0. The molecule has 2 aromatic rings. The lowest BCUT2D eigenvalue weighted by atomic mass is 10.0. The molecule has 1 atom stereocenters. The minimum Gasteiger partial charge on any atom is -0.377 e. The number of hydrogen-bond acceptors (Lipinski definition) is 2. The summed E-state index contributed by atoms with van der Waals surface area (Å²) in [5, 5.41) is 6.09. The Labute approximate surface area is 115 Å². The lowest BCUT2D eigenvalue weighted by Crippen LogP contribution is -2.24. The number of benzene rings is 2. The van der Waals surface area contributed by atoms with Crippen molar-refractivity contribution in [1.82, 2.24) is 5.32 Å². The Bertz CT molecular complexity index is 521. The van der Waals surface area contributed by atoms with Crippen molar-refractivity contribution in [2.24, 2.45) is 0 Å². The van der Waals surface area contributed by atoms with Crippen LogP contribution in [0.2, 0.25) is 0 Å². The van der Waals surface area contributed by atoms with Crippen LogP contribution in [0.3, 0.4) is 0 Å². The van der Waals surface area contributed by atoms with Crippen LogP contribution in [-0.4, -0.2) is 19.3 Å². The molecule has 0 fully saturated rings. The Morgan fingerprint density at radius 3 is 2.47 bits per heavy atom. The maximum Gasteiger partial charge on any atom is 0.0594 e. The first-order chi connectivity index (χ1) is 9.16. The van der Waals surface area contributed by atoms with Crippen molar-refractivity contribution >= 4 is 10.8 Å². The van der Waals surface area contributed by atoms with Crippen LogP contribution >= 0.6 is 0 Å². The fraction of sp³-hybridized carbons (Fsp3) is 0.412. The van der Waals surface area contributed by atoms with E-state index in [-0.39, 0.29) is 0 Å². The highest BCUT2D eigenvalue weighted by molar-refractivity contribution is 5.83. The fourth-order valence-corrected chi connectivity index (χ4v) is 2.17. The molecule has 0 saturated heterocycles. The predicted molar refractivity (Wildman–Crippen MR) is 81.5 cm³/mol. The van der Waals surface area contributed by atoms with Gasteiger partial charge in [0, 0.05) is 12.6 Å². The number of ether oxygens (including phenoxy) is 1. The van der Waals surface area contributed by atoms with Crippen molar-refractivity contribution in [2.75, 3.05) is 13.2 Å². The summed E-state index contributed by atoms with van der Waals surface area (Å²) in [6.07, 6.45) is 0.303. The smallest absolute Gasteiger partial charge is 0.0594 e. The molecule has 19 heavy (non-hydrogen) atoms. The van der Waals surface area contributed by atoms with Crippen molar-refractivity contribution < 1.29 is 4.74 Å². The highest BCUT2D eigenvalue weighted by Crippen LogP contribution is 2.19. The number of rotatable bonds is 6. The fourth-order valence-electron chi connectivity index (χ4n) is 2.17. The maximum absolute atomic E-state index is 5.54. The number of nitrogens with one attached hydrogen (secondary N) is 1. The van der Waals surface area contributed by atoms with Gasteiger partial charge in [0.15, 0.2) is 0 Å². The summed E-state index contributed by atoms with van der Waals surface area (Å²) < 4.78 is 5.54. The van der Waals surface area contributed by atoms with Gasteiger partial charge in [0.05, 0.1) is 12.7 Å². The van der Waals surface area contributed by atoms with Gasteiger partial charge in [-0.25, -0.2) is 0 Å². The molecule has 0 aromatic heterocycles. The molecule has 1 unspecified atom stereocenters. The first kappa shape index (κ1) is 14.0. The molecule has 0 radical (unpaired) electrons. The summed E-state index contributed by atoms with van der Waals surface area (Å²) in [4.78, 5) is 0. The van der Waals surface area contributed by atoms with Gasteiger partial charge in [-0.15, -0.1) is 0 Å². The summed E-state index contributed by atoms with van der Waals surface area (Å²) in [5.41, 5.74) is 1.32. The third-order valence-electron chi connectivity index (χ3n) is 3.28. The normalized spacial score (nSPS) is 13.1. The molecule has 0 aliphatic rings. The molecule has 1 N–H and O–H groups in total. The Balaban J connectivity index is 1.95. The second-order valence-electron chi connectivity index (χ2n) is 5.20. The lowest BCUT2D eigenvalue weighted by Gasteiger charge is -2.16. The molecule has 102 valence electrons. The van der Waals surface area contributed by atoms with E-state index < -0.39 is 0 Å². The van der Waals surface area contributed by atoms with Crippen molar-refractivity contribution in [3.8, 4) is 0 Å². The topological polar surface area (TPSA) is 21.3 Å². The maximum atomic E-state index is 5.54. The Hall–Kier alpha value is -1.38. The monoisotopic (exact) mass is 257 g/mol. The molecule has 2 rings (SSSR count). The molecule has 2 nitrogen and oxygen atoms in total. The van der Waals surface area contributed by atoms with Gasteiger partial charge in [-0.05, 0) is 43.2 Å². The van der Waals surface area contributed by atoms with Crippen LogP contribution in [0.1, 0.15) is 32.4 Å². The van der Waals surface area contributed by atoms with Crippen LogP contribution in [-0.2, 0) is 4.74 Å². The summed E-state index contributed by atoms with van der Waals surface area (Å²) in [6.45, 7) is 7.96. The second kappa shape index (κ2) is 6.69. The molecule has 0 aliphatic heterocycles. The Morgan fingerprint density at radius 1 is 1.00 bits per heavy atom. The van der Waals surface area contributed by atoms with E-state index in [2.05, 4.69) is 68.6 Å². The van der Waals surface area contributed by atoms with Crippen LogP contribution < -0.4 is 5.32 Å². The average Bonchev–Trinajstić information content (AvgIpc) is 2.42. The molecular formula is C17H23NO. The summed E-state index contributed by atoms with van der Waals surface area (Å²) in [5.74, 6) is 0. The van der Waals surface area contributed by atoms with E-state index in [1.807, 2.05) is 0 Å². The first-order valence-corrected chi connectivity index (χ1v) is 7.00. The van der Waals surface area contributed by atoms with Gasteiger partial charge in [-0.1, -0.05) is 36.4 Å². The van der Waals surface area contributed by atoms with Gasteiger partial charge < -0.3 is 10.1 Å². The SMILES string of the molecule is CC(C)OCCNC(C)c1ccc2ccccc2c1. The van der Waals surface area contributed by atoms with E-state index >= 15 is 0 Å². The zero-order chi connectivity index (χ0) is 13.7. The van der Waals surface area contributed by atoms with Gasteiger partial charge in [0.2, 0.25) is 0 Å². The highest BCUT2D eigenvalue weighted by Gasteiger charge is 2.05. The molecule has 0 spiro atoms. The van der Waals surface area contributed by atoms with Crippen LogP contribution in [0.4, 0.5) is 0 Å². The number of hydrogen-bond donors (Lipinski definition) is 1. The van der Waals surface area contributed by atoms with Gasteiger partial charge in [-0.3, -0.25) is 0 Å². The minimum atomic E-state index is 0.303. The van der Waals surface area contributed by atoms with E-state index in [4.69, 9.17) is 4.74 Å². The van der Waals surface area contributed by atoms with Crippen molar-refractivity contribution in [3.63, 3.8) is 0 Å². The molecule has 0 heterocycles. The third-order valence-corrected chi connectivity index (χ3v) is 3.28. The van der Waals surface area contributed by atoms with Crippen molar-refractivity contribution in [3.05, 3.63) is 48.0 Å².